The van der Waals surface area contributed by atoms with E-state index >= 15 is 0 Å². The van der Waals surface area contributed by atoms with E-state index in [1.54, 1.807) is 0 Å². The molecule has 3 heterocycles. The number of aryl methyl sites for hydroxylation is 1. The summed E-state index contributed by atoms with van der Waals surface area (Å²) in [5, 5.41) is 13.0. The average Bonchev–Trinajstić information content (AvgIpc) is 3.22. The summed E-state index contributed by atoms with van der Waals surface area (Å²) in [6.45, 7) is 3.89. The summed E-state index contributed by atoms with van der Waals surface area (Å²) in [6.07, 6.45) is 1.71. The van der Waals surface area contributed by atoms with Crippen LogP contribution in [0.5, 0.6) is 0 Å². The van der Waals surface area contributed by atoms with Gasteiger partial charge in [-0.05, 0) is 68.2 Å². The van der Waals surface area contributed by atoms with Gasteiger partial charge in [0.05, 0.1) is 5.60 Å². The molecule has 1 fully saturated rings. The molecule has 1 spiro atoms. The second-order valence-corrected chi connectivity index (χ2v) is 7.68. The molecule has 0 aliphatic carbocycles. The second-order valence-electron chi connectivity index (χ2n) is 7.25. The molecular weight excluding hydrogens is 360 g/mol. The van der Waals surface area contributed by atoms with Crippen LogP contribution in [0.2, 0.25) is 5.02 Å². The smallest absolute Gasteiger partial charge is 0.171 e. The Bertz CT molecular complexity index is 976. The summed E-state index contributed by atoms with van der Waals surface area (Å²) in [5.74, 6) is 1.65. The monoisotopic (exact) mass is 380 g/mol. The third-order valence-electron chi connectivity index (χ3n) is 5.66. The van der Waals surface area contributed by atoms with Crippen molar-refractivity contribution in [1.29, 1.82) is 0 Å². The van der Waals surface area contributed by atoms with Crippen LogP contribution in [0, 0.1) is 6.92 Å². The molecule has 2 aliphatic heterocycles. The van der Waals surface area contributed by atoms with E-state index in [2.05, 4.69) is 44.3 Å². The molecule has 138 valence electrons. The molecule has 2 aromatic carbocycles. The highest BCUT2D eigenvalue weighted by atomic mass is 35.5. The lowest BCUT2D eigenvalue weighted by atomic mass is 9.84. The Balaban J connectivity index is 1.63. The van der Waals surface area contributed by atoms with E-state index in [0.717, 1.165) is 43.3 Å². The van der Waals surface area contributed by atoms with E-state index in [9.17, 15) is 0 Å². The summed E-state index contributed by atoms with van der Waals surface area (Å²) in [6, 6.07) is 16.3. The number of piperidine rings is 1. The summed E-state index contributed by atoms with van der Waals surface area (Å²) in [5.41, 5.74) is 3.24. The zero-order valence-corrected chi connectivity index (χ0v) is 15.9. The molecule has 0 bridgehead atoms. The number of hydrogen-bond acceptors (Lipinski definition) is 4. The maximum absolute atomic E-state index is 6.76. The number of benzene rings is 2. The normalized spacial score (nSPS) is 20.7. The molecule has 0 saturated carbocycles. The lowest BCUT2D eigenvalue weighted by molar-refractivity contribution is -0.0829. The van der Waals surface area contributed by atoms with Gasteiger partial charge in [0.15, 0.2) is 5.82 Å². The van der Waals surface area contributed by atoms with Gasteiger partial charge < -0.3 is 10.1 Å². The summed E-state index contributed by atoms with van der Waals surface area (Å²) >= 11 is 6.07. The van der Waals surface area contributed by atoms with Gasteiger partial charge in [-0.15, -0.1) is 10.2 Å². The van der Waals surface area contributed by atoms with E-state index in [1.807, 2.05) is 31.2 Å². The van der Waals surface area contributed by atoms with Crippen molar-refractivity contribution in [1.82, 2.24) is 20.1 Å². The van der Waals surface area contributed by atoms with Crippen molar-refractivity contribution in [3.63, 3.8) is 0 Å². The second kappa shape index (κ2) is 6.44. The van der Waals surface area contributed by atoms with Gasteiger partial charge in [-0.1, -0.05) is 35.9 Å². The van der Waals surface area contributed by atoms with Gasteiger partial charge >= 0.3 is 0 Å². The summed E-state index contributed by atoms with van der Waals surface area (Å²) < 4.78 is 8.82. The third kappa shape index (κ3) is 2.69. The summed E-state index contributed by atoms with van der Waals surface area (Å²) in [4.78, 5) is 0. The first-order valence-corrected chi connectivity index (χ1v) is 9.72. The molecule has 5 nitrogen and oxygen atoms in total. The van der Waals surface area contributed by atoms with Crippen molar-refractivity contribution in [2.24, 2.45) is 0 Å². The number of nitrogens with zero attached hydrogens (tertiary/aromatic N) is 3. The van der Waals surface area contributed by atoms with Gasteiger partial charge in [-0.2, -0.15) is 0 Å². The van der Waals surface area contributed by atoms with Crippen molar-refractivity contribution in [2.75, 3.05) is 13.1 Å². The fourth-order valence-corrected chi connectivity index (χ4v) is 4.49. The van der Waals surface area contributed by atoms with Crippen molar-refractivity contribution >= 4 is 11.6 Å². The molecule has 1 N–H and O–H groups in total. The Morgan fingerprint density at radius 3 is 2.59 bits per heavy atom. The largest absolute Gasteiger partial charge is 0.354 e. The zero-order chi connectivity index (χ0) is 18.4. The maximum atomic E-state index is 6.76. The first kappa shape index (κ1) is 16.9. The predicted octanol–water partition coefficient (Wildman–Crippen LogP) is 3.93. The van der Waals surface area contributed by atoms with Gasteiger partial charge in [0.25, 0.3) is 0 Å². The van der Waals surface area contributed by atoms with Crippen LogP contribution in [0.25, 0.3) is 5.69 Å². The van der Waals surface area contributed by atoms with Crippen LogP contribution in [0.1, 0.15) is 41.7 Å². The Labute approximate surface area is 163 Å². The molecule has 0 amide bonds. The van der Waals surface area contributed by atoms with E-state index < -0.39 is 0 Å². The first-order valence-electron chi connectivity index (χ1n) is 9.34. The highest BCUT2D eigenvalue weighted by molar-refractivity contribution is 6.30. The van der Waals surface area contributed by atoms with Crippen LogP contribution in [0.3, 0.4) is 0 Å². The topological polar surface area (TPSA) is 52.0 Å². The minimum atomic E-state index is -0.239. The van der Waals surface area contributed by atoms with Crippen molar-refractivity contribution < 1.29 is 4.74 Å². The fourth-order valence-electron chi connectivity index (χ4n) is 4.36. The van der Waals surface area contributed by atoms with E-state index in [1.165, 1.54) is 11.1 Å². The number of hydrogen-bond donors (Lipinski definition) is 1. The highest BCUT2D eigenvalue weighted by Gasteiger charge is 2.47. The van der Waals surface area contributed by atoms with Crippen LogP contribution >= 0.6 is 11.6 Å². The van der Waals surface area contributed by atoms with Crippen LogP contribution in [-0.2, 0) is 10.3 Å². The van der Waals surface area contributed by atoms with Gasteiger partial charge in [-0.25, -0.2) is 0 Å². The lowest BCUT2D eigenvalue weighted by Crippen LogP contribution is -2.39. The molecule has 0 radical (unpaired) electrons. The molecule has 1 atom stereocenters. The zero-order valence-electron chi connectivity index (χ0n) is 15.2. The SMILES string of the molecule is Cc1nnc([C@@H]2OC3(CCNCC3)c3ccccc32)n1-c1ccc(Cl)cc1. The van der Waals surface area contributed by atoms with Crippen LogP contribution < -0.4 is 5.32 Å². The average molecular weight is 381 g/mol. The summed E-state index contributed by atoms with van der Waals surface area (Å²) in [7, 11) is 0. The quantitative estimate of drug-likeness (QED) is 0.732. The van der Waals surface area contributed by atoms with Gasteiger partial charge in [-0.3, -0.25) is 4.57 Å². The van der Waals surface area contributed by atoms with Gasteiger partial charge in [0.1, 0.15) is 11.9 Å². The van der Waals surface area contributed by atoms with Crippen molar-refractivity contribution in [3.8, 4) is 5.69 Å². The molecule has 5 rings (SSSR count). The van der Waals surface area contributed by atoms with E-state index in [4.69, 9.17) is 16.3 Å². The fraction of sp³-hybridized carbons (Fsp3) is 0.333. The first-order chi connectivity index (χ1) is 13.2. The van der Waals surface area contributed by atoms with Gasteiger partial charge in [0, 0.05) is 10.7 Å². The Morgan fingerprint density at radius 2 is 1.81 bits per heavy atom. The Hall–Kier alpha value is -2.21. The number of halogens is 1. The molecule has 1 saturated heterocycles. The minimum absolute atomic E-state index is 0.226. The van der Waals surface area contributed by atoms with Crippen LogP contribution in [0.15, 0.2) is 48.5 Å². The standard InChI is InChI=1S/C21H21ClN4O/c1-14-24-25-20(26(14)16-8-6-15(22)7-9-16)19-17-4-2-3-5-18(17)21(27-19)10-12-23-13-11-21/h2-9,19,23H,10-13H2,1H3/t19-/m1/s1. The number of aromatic nitrogens is 3. The number of nitrogens with one attached hydrogen (secondary N) is 1. The minimum Gasteiger partial charge on any atom is -0.354 e. The number of rotatable bonds is 2. The van der Waals surface area contributed by atoms with Crippen molar-refractivity contribution in [3.05, 3.63) is 76.3 Å². The number of ether oxygens (including phenoxy) is 1. The molecule has 1 aromatic heterocycles. The third-order valence-corrected chi connectivity index (χ3v) is 5.91. The molecule has 3 aromatic rings. The van der Waals surface area contributed by atoms with E-state index in [-0.39, 0.29) is 11.7 Å². The van der Waals surface area contributed by atoms with Gasteiger partial charge in [0.2, 0.25) is 0 Å². The maximum Gasteiger partial charge on any atom is 0.171 e. The molecule has 2 aliphatic rings. The molecule has 27 heavy (non-hydrogen) atoms. The molecular formula is C21H21ClN4O. The van der Waals surface area contributed by atoms with Crippen LogP contribution in [0.4, 0.5) is 0 Å². The van der Waals surface area contributed by atoms with Crippen molar-refractivity contribution in [2.45, 2.75) is 31.5 Å². The lowest BCUT2D eigenvalue weighted by Gasteiger charge is -2.34. The predicted molar refractivity (Wildman–Crippen MR) is 104 cm³/mol. The van der Waals surface area contributed by atoms with Crippen LogP contribution in [-0.4, -0.2) is 27.9 Å². The molecule has 0 unspecified atom stereocenters. The molecule has 6 heteroatoms. The number of fused-ring (bicyclic) bond motifs is 2. The van der Waals surface area contributed by atoms with E-state index in [0.29, 0.717) is 5.02 Å². The Kier molecular flexibility index (Phi) is 4.04. The Morgan fingerprint density at radius 1 is 1.07 bits per heavy atom. The highest BCUT2D eigenvalue weighted by Crippen LogP contribution is 2.50.